The molecule has 0 aliphatic heterocycles. The number of carbonyl (C=O) groups is 1. The van der Waals surface area contributed by atoms with Crippen LogP contribution in [-0.2, 0) is 4.74 Å². The average Bonchev–Trinajstić information content (AvgIpc) is 2.66. The van der Waals surface area contributed by atoms with Gasteiger partial charge in [-0.3, -0.25) is 9.78 Å². The molecule has 0 saturated heterocycles. The Bertz CT molecular complexity index is 998. The SMILES string of the molecule is COCC(NC(=O)c1cc(F)cc2cnccc12)c1cccc(C#N)c1. The van der Waals surface area contributed by atoms with Gasteiger partial charge in [-0.25, -0.2) is 4.39 Å². The highest BCUT2D eigenvalue weighted by Gasteiger charge is 2.18. The number of nitrogens with one attached hydrogen (secondary N) is 1. The molecular weight excluding hydrogens is 333 g/mol. The van der Waals surface area contributed by atoms with Crippen molar-refractivity contribution < 1.29 is 13.9 Å². The number of nitriles is 1. The van der Waals surface area contributed by atoms with Crippen molar-refractivity contribution in [2.45, 2.75) is 6.04 Å². The van der Waals surface area contributed by atoms with Gasteiger partial charge >= 0.3 is 0 Å². The van der Waals surface area contributed by atoms with Gasteiger partial charge < -0.3 is 10.1 Å². The van der Waals surface area contributed by atoms with E-state index in [4.69, 9.17) is 10.00 Å². The molecule has 1 atom stereocenters. The maximum absolute atomic E-state index is 13.9. The lowest BCUT2D eigenvalue weighted by Crippen LogP contribution is -2.31. The Labute approximate surface area is 150 Å². The van der Waals surface area contributed by atoms with Crippen molar-refractivity contribution in [3.05, 3.63) is 77.4 Å². The molecule has 1 N–H and O–H groups in total. The highest BCUT2D eigenvalue weighted by atomic mass is 19.1. The van der Waals surface area contributed by atoms with Gasteiger partial charge in [0.2, 0.25) is 0 Å². The van der Waals surface area contributed by atoms with E-state index in [1.165, 1.54) is 25.4 Å². The third-order valence-electron chi connectivity index (χ3n) is 4.02. The van der Waals surface area contributed by atoms with Gasteiger partial charge in [-0.05, 0) is 41.3 Å². The first-order chi connectivity index (χ1) is 12.6. The van der Waals surface area contributed by atoms with Crippen LogP contribution < -0.4 is 5.32 Å². The number of benzene rings is 2. The summed E-state index contributed by atoms with van der Waals surface area (Å²) in [5.74, 6) is -0.935. The molecule has 1 amide bonds. The molecule has 5 nitrogen and oxygen atoms in total. The lowest BCUT2D eigenvalue weighted by atomic mass is 10.0. The molecule has 0 bridgehead atoms. The molecule has 130 valence electrons. The van der Waals surface area contributed by atoms with Crippen LogP contribution in [0.3, 0.4) is 0 Å². The van der Waals surface area contributed by atoms with E-state index in [1.54, 1.807) is 36.5 Å². The third-order valence-corrected chi connectivity index (χ3v) is 4.02. The van der Waals surface area contributed by atoms with E-state index in [0.717, 1.165) is 5.56 Å². The van der Waals surface area contributed by atoms with Gasteiger partial charge in [0.25, 0.3) is 5.91 Å². The van der Waals surface area contributed by atoms with Gasteiger partial charge in [-0.2, -0.15) is 5.26 Å². The zero-order valence-corrected chi connectivity index (χ0v) is 14.1. The smallest absolute Gasteiger partial charge is 0.252 e. The summed E-state index contributed by atoms with van der Waals surface area (Å²) in [5, 5.41) is 13.1. The summed E-state index contributed by atoms with van der Waals surface area (Å²) in [6.45, 7) is 0.218. The number of hydrogen-bond acceptors (Lipinski definition) is 4. The summed E-state index contributed by atoms with van der Waals surface area (Å²) in [6.07, 6.45) is 3.07. The first-order valence-electron chi connectivity index (χ1n) is 7.95. The normalized spacial score (nSPS) is 11.7. The van der Waals surface area contributed by atoms with Crippen LogP contribution in [0.15, 0.2) is 54.9 Å². The average molecular weight is 349 g/mol. The van der Waals surface area contributed by atoms with Crippen LogP contribution in [0.4, 0.5) is 4.39 Å². The van der Waals surface area contributed by atoms with Crippen molar-refractivity contribution in [2.75, 3.05) is 13.7 Å². The van der Waals surface area contributed by atoms with E-state index in [-0.39, 0.29) is 12.2 Å². The number of carbonyl (C=O) groups excluding carboxylic acids is 1. The van der Waals surface area contributed by atoms with E-state index >= 15 is 0 Å². The molecule has 1 aromatic heterocycles. The second kappa shape index (κ2) is 7.72. The minimum Gasteiger partial charge on any atom is -0.382 e. The molecule has 0 fully saturated rings. The van der Waals surface area contributed by atoms with Gasteiger partial charge in [0, 0.05) is 24.9 Å². The van der Waals surface area contributed by atoms with Crippen molar-refractivity contribution in [3.8, 4) is 6.07 Å². The van der Waals surface area contributed by atoms with Crippen LogP contribution in [0.25, 0.3) is 10.8 Å². The molecule has 2 aromatic carbocycles. The number of pyridine rings is 1. The topological polar surface area (TPSA) is 75.0 Å². The zero-order chi connectivity index (χ0) is 18.5. The number of nitrogens with zero attached hydrogens (tertiary/aromatic N) is 2. The van der Waals surface area contributed by atoms with Gasteiger partial charge in [-0.15, -0.1) is 0 Å². The van der Waals surface area contributed by atoms with E-state index in [2.05, 4.69) is 16.4 Å². The van der Waals surface area contributed by atoms with Crippen LogP contribution in [-0.4, -0.2) is 24.6 Å². The van der Waals surface area contributed by atoms with Crippen molar-refractivity contribution in [1.29, 1.82) is 5.26 Å². The lowest BCUT2D eigenvalue weighted by Gasteiger charge is -2.19. The molecule has 0 radical (unpaired) electrons. The van der Waals surface area contributed by atoms with E-state index in [9.17, 15) is 9.18 Å². The van der Waals surface area contributed by atoms with Crippen LogP contribution in [0.5, 0.6) is 0 Å². The number of amides is 1. The van der Waals surface area contributed by atoms with Crippen molar-refractivity contribution in [3.63, 3.8) is 0 Å². The number of rotatable bonds is 5. The number of halogens is 1. The minimum absolute atomic E-state index is 0.218. The number of ether oxygens (including phenoxy) is 1. The summed E-state index contributed by atoms with van der Waals surface area (Å²) in [5.41, 5.74) is 1.45. The van der Waals surface area contributed by atoms with Crippen LogP contribution in [0.1, 0.15) is 27.5 Å². The fourth-order valence-corrected chi connectivity index (χ4v) is 2.81. The molecule has 6 heteroatoms. The molecule has 0 aliphatic carbocycles. The second-order valence-corrected chi connectivity index (χ2v) is 5.77. The molecule has 1 heterocycles. The molecule has 3 aromatic rings. The first-order valence-corrected chi connectivity index (χ1v) is 7.95. The highest BCUT2D eigenvalue weighted by molar-refractivity contribution is 6.07. The fraction of sp³-hybridized carbons (Fsp3) is 0.150. The van der Waals surface area contributed by atoms with Crippen molar-refractivity contribution in [1.82, 2.24) is 10.3 Å². The molecule has 1 unspecified atom stereocenters. The Morgan fingerprint density at radius 1 is 1.35 bits per heavy atom. The molecule has 0 aliphatic rings. The van der Waals surface area contributed by atoms with Gasteiger partial charge in [-0.1, -0.05) is 12.1 Å². The van der Waals surface area contributed by atoms with Gasteiger partial charge in [0.05, 0.1) is 29.8 Å². The zero-order valence-electron chi connectivity index (χ0n) is 14.1. The Morgan fingerprint density at radius 2 is 2.19 bits per heavy atom. The molecule has 0 saturated carbocycles. The highest BCUT2D eigenvalue weighted by Crippen LogP contribution is 2.22. The Morgan fingerprint density at radius 3 is 2.96 bits per heavy atom. The predicted molar refractivity (Wildman–Crippen MR) is 94.9 cm³/mol. The number of fused-ring (bicyclic) bond motifs is 1. The minimum atomic E-state index is -0.509. The molecule has 0 spiro atoms. The Balaban J connectivity index is 1.95. The molecule has 3 rings (SSSR count). The van der Waals surface area contributed by atoms with Crippen LogP contribution in [0, 0.1) is 17.1 Å². The van der Waals surface area contributed by atoms with Gasteiger partial charge in [0.15, 0.2) is 0 Å². The predicted octanol–water partition coefficient (Wildman–Crippen LogP) is 3.36. The number of hydrogen-bond donors (Lipinski definition) is 1. The Hall–Kier alpha value is -3.30. The maximum atomic E-state index is 13.9. The quantitative estimate of drug-likeness (QED) is 0.766. The molecular formula is C20H16FN3O2. The van der Waals surface area contributed by atoms with Gasteiger partial charge in [0.1, 0.15) is 5.82 Å². The summed E-state index contributed by atoms with van der Waals surface area (Å²) in [7, 11) is 1.52. The monoisotopic (exact) mass is 349 g/mol. The summed E-state index contributed by atoms with van der Waals surface area (Å²) in [4.78, 5) is 16.8. The largest absolute Gasteiger partial charge is 0.382 e. The van der Waals surface area contributed by atoms with Crippen LogP contribution >= 0.6 is 0 Å². The number of methoxy groups -OCH3 is 1. The van der Waals surface area contributed by atoms with E-state index in [1.807, 2.05) is 0 Å². The van der Waals surface area contributed by atoms with E-state index in [0.29, 0.717) is 16.3 Å². The third kappa shape index (κ3) is 3.68. The van der Waals surface area contributed by atoms with Crippen LogP contribution in [0.2, 0.25) is 0 Å². The lowest BCUT2D eigenvalue weighted by molar-refractivity contribution is 0.0898. The summed E-state index contributed by atoms with van der Waals surface area (Å²) >= 11 is 0. The second-order valence-electron chi connectivity index (χ2n) is 5.77. The first kappa shape index (κ1) is 17.5. The fourth-order valence-electron chi connectivity index (χ4n) is 2.81. The van der Waals surface area contributed by atoms with E-state index < -0.39 is 17.8 Å². The van der Waals surface area contributed by atoms with Crippen molar-refractivity contribution >= 4 is 16.7 Å². The Kier molecular flexibility index (Phi) is 5.20. The molecule has 26 heavy (non-hydrogen) atoms. The summed E-state index contributed by atoms with van der Waals surface area (Å²) < 4.78 is 19.1. The standard InChI is InChI=1S/C20H16FN3O2/c1-26-12-19(14-4-2-3-13(7-14)10-22)24-20(25)18-9-16(21)8-15-11-23-6-5-17(15)18/h2-9,11,19H,12H2,1H3,(H,24,25). The maximum Gasteiger partial charge on any atom is 0.252 e. The summed E-state index contributed by atoms with van der Waals surface area (Å²) in [6, 6.07) is 12.7. The number of aromatic nitrogens is 1. The van der Waals surface area contributed by atoms with Crippen molar-refractivity contribution in [2.24, 2.45) is 0 Å².